The Kier molecular flexibility index (Phi) is 5.73. The Morgan fingerprint density at radius 3 is 2.62 bits per heavy atom. The molecule has 1 aromatic carbocycles. The second kappa shape index (κ2) is 7.09. The second-order valence-electron chi connectivity index (χ2n) is 4.29. The quantitative estimate of drug-likeness (QED) is 0.660. The van der Waals surface area contributed by atoms with Crippen LogP contribution in [0.25, 0.3) is 0 Å². The number of halogens is 4. The van der Waals surface area contributed by atoms with Gasteiger partial charge in [0.25, 0.3) is 5.91 Å². The van der Waals surface area contributed by atoms with Crippen LogP contribution in [0.4, 0.5) is 17.6 Å². The Morgan fingerprint density at radius 2 is 2.05 bits per heavy atom. The summed E-state index contributed by atoms with van der Waals surface area (Å²) < 4.78 is 49.4. The van der Waals surface area contributed by atoms with Crippen LogP contribution in [-0.2, 0) is 0 Å². The molecule has 1 amide bonds. The monoisotopic (exact) mass is 303 g/mol. The van der Waals surface area contributed by atoms with Gasteiger partial charge in [-0.3, -0.25) is 4.79 Å². The lowest BCUT2D eigenvalue weighted by Gasteiger charge is -2.15. The van der Waals surface area contributed by atoms with Crippen molar-refractivity contribution in [3.05, 3.63) is 34.9 Å². The molecule has 3 nitrogen and oxygen atoms in total. The number of carbonyl (C=O) groups is 1. The Bertz CT molecular complexity index is 576. The summed E-state index contributed by atoms with van der Waals surface area (Å²) in [5.74, 6) is -0.219. The van der Waals surface area contributed by atoms with Gasteiger partial charge in [0.1, 0.15) is 6.61 Å². The number of aryl methyl sites for hydroxylation is 1. The lowest BCUT2D eigenvalue weighted by atomic mass is 10.1. The molecule has 1 rings (SSSR count). The van der Waals surface area contributed by atoms with Crippen LogP contribution in [0.15, 0.2) is 18.2 Å². The van der Waals surface area contributed by atoms with Crippen LogP contribution in [0, 0.1) is 18.8 Å². The largest absolute Gasteiger partial charge is 0.384 e. The third kappa shape index (κ3) is 5.08. The molecule has 0 atom stereocenters. The van der Waals surface area contributed by atoms with E-state index in [0.29, 0.717) is 11.1 Å². The summed E-state index contributed by atoms with van der Waals surface area (Å²) in [6.45, 7) is -0.153. The van der Waals surface area contributed by atoms with Crippen LogP contribution in [0.3, 0.4) is 0 Å². The average Bonchev–Trinajstić information content (AvgIpc) is 2.41. The summed E-state index contributed by atoms with van der Waals surface area (Å²) in [6.07, 6.45) is -3.85. The van der Waals surface area contributed by atoms with E-state index in [1.165, 1.54) is 12.1 Å². The van der Waals surface area contributed by atoms with E-state index in [1.807, 2.05) is 0 Å². The van der Waals surface area contributed by atoms with Gasteiger partial charge >= 0.3 is 12.3 Å². The Labute approximate surface area is 119 Å². The van der Waals surface area contributed by atoms with Gasteiger partial charge in [-0.2, -0.15) is 8.78 Å². The number of rotatable bonds is 4. The van der Waals surface area contributed by atoms with Crippen LogP contribution in [0.1, 0.15) is 21.5 Å². The van der Waals surface area contributed by atoms with Gasteiger partial charge in [0.05, 0.1) is 6.54 Å². The highest BCUT2D eigenvalue weighted by atomic mass is 19.3. The topological polar surface area (TPSA) is 49.3 Å². The van der Waals surface area contributed by atoms with Gasteiger partial charge in [-0.05, 0) is 30.7 Å². The van der Waals surface area contributed by atoms with Gasteiger partial charge in [-0.15, -0.1) is 0 Å². The Balaban J connectivity index is 2.86. The maximum atomic E-state index is 12.7. The maximum absolute atomic E-state index is 12.7. The van der Waals surface area contributed by atoms with Crippen molar-refractivity contribution in [2.45, 2.75) is 19.3 Å². The summed E-state index contributed by atoms with van der Waals surface area (Å²) in [7, 11) is 0. The van der Waals surface area contributed by atoms with E-state index in [4.69, 9.17) is 5.11 Å². The molecule has 21 heavy (non-hydrogen) atoms. The minimum atomic E-state index is -4.28. The summed E-state index contributed by atoms with van der Waals surface area (Å²) in [5.41, 5.74) is 1.09. The van der Waals surface area contributed by atoms with Gasteiger partial charge in [0.2, 0.25) is 0 Å². The van der Waals surface area contributed by atoms with Crippen LogP contribution < -0.4 is 5.32 Å². The van der Waals surface area contributed by atoms with Crippen molar-refractivity contribution in [2.24, 2.45) is 0 Å². The zero-order chi connectivity index (χ0) is 16.0. The number of aliphatic hydroxyl groups excluding tert-OH is 1. The highest BCUT2D eigenvalue weighted by Crippen LogP contribution is 2.21. The van der Waals surface area contributed by atoms with E-state index in [9.17, 15) is 22.4 Å². The van der Waals surface area contributed by atoms with Crippen molar-refractivity contribution >= 4 is 5.91 Å². The Morgan fingerprint density at radius 1 is 1.38 bits per heavy atom. The molecule has 0 aliphatic rings. The van der Waals surface area contributed by atoms with Gasteiger partial charge in [-0.1, -0.05) is 11.8 Å². The number of carbonyl (C=O) groups excluding carboxylic acids is 1. The van der Waals surface area contributed by atoms with Crippen molar-refractivity contribution in [3.63, 3.8) is 0 Å². The molecule has 0 fully saturated rings. The fraction of sp³-hybridized carbons (Fsp3) is 0.357. The molecule has 0 spiro atoms. The zero-order valence-electron chi connectivity index (χ0n) is 11.1. The number of aliphatic hydroxyl groups is 1. The fourth-order valence-electron chi connectivity index (χ4n) is 1.51. The van der Waals surface area contributed by atoms with Crippen molar-refractivity contribution in [2.75, 3.05) is 13.2 Å². The van der Waals surface area contributed by atoms with Crippen molar-refractivity contribution in [1.82, 2.24) is 5.32 Å². The summed E-state index contributed by atoms with van der Waals surface area (Å²) in [4.78, 5) is 11.7. The molecule has 2 N–H and O–H groups in total. The normalized spacial score (nSPS) is 11.0. The summed E-state index contributed by atoms with van der Waals surface area (Å²) in [6, 6.07) is 4.37. The molecule has 0 saturated carbocycles. The molecule has 7 heteroatoms. The number of alkyl halides is 4. The average molecular weight is 303 g/mol. The minimum Gasteiger partial charge on any atom is -0.384 e. The molecular weight excluding hydrogens is 290 g/mol. The number of hydrogen-bond donors (Lipinski definition) is 2. The van der Waals surface area contributed by atoms with Crippen LogP contribution >= 0.6 is 0 Å². The molecule has 0 aliphatic heterocycles. The molecule has 0 unspecified atom stereocenters. The smallest absolute Gasteiger partial charge is 0.324 e. The van der Waals surface area contributed by atoms with Gasteiger partial charge in [-0.25, -0.2) is 8.78 Å². The predicted octanol–water partition coefficient (Wildman–Crippen LogP) is 1.97. The minimum absolute atomic E-state index is 0.0299. The van der Waals surface area contributed by atoms with Crippen molar-refractivity contribution in [1.29, 1.82) is 0 Å². The van der Waals surface area contributed by atoms with Gasteiger partial charge in [0, 0.05) is 11.1 Å². The third-order valence-corrected chi connectivity index (χ3v) is 2.46. The van der Waals surface area contributed by atoms with E-state index < -0.39 is 24.8 Å². The number of hydrogen-bond acceptors (Lipinski definition) is 2. The van der Waals surface area contributed by atoms with Crippen LogP contribution in [0.5, 0.6) is 0 Å². The predicted molar refractivity (Wildman–Crippen MR) is 68.4 cm³/mol. The molecule has 0 bridgehead atoms. The molecule has 0 aromatic heterocycles. The van der Waals surface area contributed by atoms with E-state index >= 15 is 0 Å². The zero-order valence-corrected chi connectivity index (χ0v) is 11.1. The van der Waals surface area contributed by atoms with Crippen molar-refractivity contribution < 1.29 is 27.5 Å². The number of benzene rings is 1. The van der Waals surface area contributed by atoms with E-state index in [1.54, 1.807) is 18.3 Å². The molecule has 1 aromatic rings. The standard InChI is InChI=1S/C14H13F4NO2/c1-9-5-10(3-2-4-20)7-11(6-9)12(21)19-8-14(17,18)13(15)16/h5-7,13,20H,4,8H2,1H3,(H,19,21). The van der Waals surface area contributed by atoms with E-state index in [2.05, 4.69) is 11.8 Å². The third-order valence-electron chi connectivity index (χ3n) is 2.46. The Hall–Kier alpha value is -2.07. The molecule has 0 saturated heterocycles. The maximum Gasteiger partial charge on any atom is 0.324 e. The second-order valence-corrected chi connectivity index (χ2v) is 4.29. The lowest BCUT2D eigenvalue weighted by molar-refractivity contribution is -0.123. The SMILES string of the molecule is Cc1cc(C#CCO)cc(C(=O)NCC(F)(F)C(F)F)c1. The van der Waals surface area contributed by atoms with Crippen molar-refractivity contribution in [3.8, 4) is 11.8 Å². The van der Waals surface area contributed by atoms with Gasteiger partial charge < -0.3 is 10.4 Å². The van der Waals surface area contributed by atoms with E-state index in [0.717, 1.165) is 0 Å². The van der Waals surface area contributed by atoms with E-state index in [-0.39, 0.29) is 12.2 Å². The molecule has 0 aliphatic carbocycles. The summed E-state index contributed by atoms with van der Waals surface area (Å²) in [5, 5.41) is 10.4. The molecular formula is C14H13F4NO2. The number of amides is 1. The highest BCUT2D eigenvalue weighted by molar-refractivity contribution is 5.94. The molecule has 0 radical (unpaired) electrons. The summed E-state index contributed by atoms with van der Waals surface area (Å²) >= 11 is 0. The lowest BCUT2D eigenvalue weighted by Crippen LogP contribution is -2.41. The first-order valence-electron chi connectivity index (χ1n) is 5.92. The first-order valence-corrected chi connectivity index (χ1v) is 5.92. The van der Waals surface area contributed by atoms with Crippen LogP contribution in [-0.4, -0.2) is 36.5 Å². The first-order chi connectivity index (χ1) is 9.76. The highest BCUT2D eigenvalue weighted by Gasteiger charge is 2.40. The molecule has 114 valence electrons. The molecule has 0 heterocycles. The fourth-order valence-corrected chi connectivity index (χ4v) is 1.51. The van der Waals surface area contributed by atoms with Gasteiger partial charge in [0.15, 0.2) is 0 Å². The van der Waals surface area contributed by atoms with Crippen LogP contribution in [0.2, 0.25) is 0 Å². The number of nitrogens with one attached hydrogen (secondary N) is 1. The first kappa shape index (κ1) is 17.0.